The second kappa shape index (κ2) is 7.57. The lowest BCUT2D eigenvalue weighted by atomic mass is 10.0. The zero-order valence-corrected chi connectivity index (χ0v) is 14.4. The number of rotatable bonds is 4. The molecule has 0 spiro atoms. The van der Waals surface area contributed by atoms with Crippen molar-refractivity contribution in [2.75, 3.05) is 25.5 Å². The van der Waals surface area contributed by atoms with Gasteiger partial charge < -0.3 is 10.2 Å². The molecule has 0 bridgehead atoms. The second-order valence-electron chi connectivity index (χ2n) is 6.57. The minimum absolute atomic E-state index is 0.143. The zero-order valence-electron chi connectivity index (χ0n) is 14.4. The molecule has 3 rings (SSSR count). The quantitative estimate of drug-likeness (QED) is 0.835. The van der Waals surface area contributed by atoms with Gasteiger partial charge in [0.25, 0.3) is 0 Å². The van der Waals surface area contributed by atoms with E-state index < -0.39 is 17.7 Å². The van der Waals surface area contributed by atoms with Crippen molar-refractivity contribution < 1.29 is 17.6 Å². The molecule has 140 valence electrons. The summed E-state index contributed by atoms with van der Waals surface area (Å²) in [6.07, 6.45) is -1.89. The Bertz CT molecular complexity index is 738. The van der Waals surface area contributed by atoms with Crippen LogP contribution in [0.4, 0.5) is 23.4 Å². The fourth-order valence-electron chi connectivity index (χ4n) is 2.95. The van der Waals surface area contributed by atoms with Crippen LogP contribution < -0.4 is 5.32 Å². The number of hydrogen-bond acceptors (Lipinski definition) is 4. The summed E-state index contributed by atoms with van der Waals surface area (Å²) in [5, 5.41) is 3.24. The van der Waals surface area contributed by atoms with E-state index in [9.17, 15) is 17.6 Å². The monoisotopic (exact) mass is 368 g/mol. The number of alkyl halides is 3. The van der Waals surface area contributed by atoms with Crippen LogP contribution in [-0.4, -0.2) is 41.0 Å². The molecule has 0 saturated carbocycles. The van der Waals surface area contributed by atoms with Gasteiger partial charge in [-0.1, -0.05) is 12.1 Å². The third-order valence-electron chi connectivity index (χ3n) is 4.48. The molecule has 1 aromatic carbocycles. The number of aromatic nitrogens is 2. The van der Waals surface area contributed by atoms with Crippen molar-refractivity contribution in [3.8, 4) is 0 Å². The summed E-state index contributed by atoms with van der Waals surface area (Å²) in [4.78, 5) is 9.98. The zero-order chi connectivity index (χ0) is 18.7. The van der Waals surface area contributed by atoms with E-state index in [4.69, 9.17) is 0 Å². The summed E-state index contributed by atoms with van der Waals surface area (Å²) < 4.78 is 52.1. The Morgan fingerprint density at radius 2 is 1.81 bits per heavy atom. The lowest BCUT2D eigenvalue weighted by Crippen LogP contribution is -2.37. The Hall–Kier alpha value is -2.22. The van der Waals surface area contributed by atoms with Crippen molar-refractivity contribution in [3.05, 3.63) is 53.2 Å². The van der Waals surface area contributed by atoms with E-state index in [2.05, 4.69) is 20.2 Å². The summed E-state index contributed by atoms with van der Waals surface area (Å²) >= 11 is 0. The number of nitrogens with one attached hydrogen (secondary N) is 1. The van der Waals surface area contributed by atoms with Gasteiger partial charge in [-0.05, 0) is 50.7 Å². The van der Waals surface area contributed by atoms with E-state index >= 15 is 0 Å². The molecule has 1 aliphatic rings. The first-order chi connectivity index (χ1) is 12.3. The third-order valence-corrected chi connectivity index (χ3v) is 4.48. The van der Waals surface area contributed by atoms with Crippen LogP contribution in [0, 0.1) is 5.82 Å². The summed E-state index contributed by atoms with van der Waals surface area (Å²) in [6, 6.07) is 5.78. The Kier molecular flexibility index (Phi) is 5.41. The van der Waals surface area contributed by atoms with Crippen LogP contribution in [0.15, 0.2) is 30.5 Å². The van der Waals surface area contributed by atoms with Crippen molar-refractivity contribution in [1.29, 1.82) is 0 Å². The van der Waals surface area contributed by atoms with E-state index in [1.165, 1.54) is 24.3 Å². The van der Waals surface area contributed by atoms with E-state index in [0.717, 1.165) is 32.1 Å². The van der Waals surface area contributed by atoms with E-state index in [0.29, 0.717) is 11.4 Å². The molecule has 1 saturated heterocycles. The predicted molar refractivity (Wildman–Crippen MR) is 90.4 cm³/mol. The standard InChI is InChI=1S/C18H20F4N4/c1-26-8-6-14(7-9-26)24-17-15(10-12-2-4-13(19)5-3-12)25-16(11-23-17)18(20,21)22/h2-5,11,14H,6-10H2,1H3,(H,23,24). The molecule has 1 aromatic heterocycles. The highest BCUT2D eigenvalue weighted by Gasteiger charge is 2.34. The number of likely N-dealkylation sites (tertiary alicyclic amines) is 1. The normalized spacial score (nSPS) is 16.7. The second-order valence-corrected chi connectivity index (χ2v) is 6.57. The molecule has 0 unspecified atom stereocenters. The van der Waals surface area contributed by atoms with Crippen LogP contribution in [0.1, 0.15) is 29.8 Å². The molecule has 2 aromatic rings. The Labute approximate surface area is 149 Å². The molecule has 1 aliphatic heterocycles. The third kappa shape index (κ3) is 4.69. The van der Waals surface area contributed by atoms with Gasteiger partial charge in [-0.2, -0.15) is 13.2 Å². The van der Waals surface area contributed by atoms with E-state index in [1.807, 2.05) is 7.05 Å². The van der Waals surface area contributed by atoms with Gasteiger partial charge in [0.1, 0.15) is 11.6 Å². The number of halogens is 4. The molecule has 1 fully saturated rings. The van der Waals surface area contributed by atoms with E-state index in [1.54, 1.807) is 0 Å². The lowest BCUT2D eigenvalue weighted by Gasteiger charge is -2.30. The summed E-state index contributed by atoms with van der Waals surface area (Å²) in [5.41, 5.74) is -0.139. The number of benzene rings is 1. The van der Waals surface area contributed by atoms with Gasteiger partial charge in [-0.3, -0.25) is 0 Å². The maximum Gasteiger partial charge on any atom is 0.434 e. The summed E-state index contributed by atoms with van der Waals surface area (Å²) in [6.45, 7) is 1.83. The lowest BCUT2D eigenvalue weighted by molar-refractivity contribution is -0.141. The van der Waals surface area contributed by atoms with Crippen LogP contribution in [0.5, 0.6) is 0 Å². The molecule has 8 heteroatoms. The van der Waals surface area contributed by atoms with Crippen molar-refractivity contribution in [2.24, 2.45) is 0 Å². The van der Waals surface area contributed by atoms with Gasteiger partial charge in [-0.25, -0.2) is 14.4 Å². The smallest absolute Gasteiger partial charge is 0.366 e. The highest BCUT2D eigenvalue weighted by molar-refractivity contribution is 5.44. The maximum atomic E-state index is 13.1. The van der Waals surface area contributed by atoms with Crippen molar-refractivity contribution in [2.45, 2.75) is 31.5 Å². The molecule has 4 nitrogen and oxygen atoms in total. The highest BCUT2D eigenvalue weighted by Crippen LogP contribution is 2.29. The predicted octanol–water partition coefficient (Wildman–Crippen LogP) is 3.73. The fraction of sp³-hybridized carbons (Fsp3) is 0.444. The van der Waals surface area contributed by atoms with Gasteiger partial charge in [-0.15, -0.1) is 0 Å². The number of hydrogen-bond donors (Lipinski definition) is 1. The van der Waals surface area contributed by atoms with Crippen molar-refractivity contribution in [1.82, 2.24) is 14.9 Å². The molecule has 0 aliphatic carbocycles. The largest absolute Gasteiger partial charge is 0.434 e. The van der Waals surface area contributed by atoms with Crippen LogP contribution in [-0.2, 0) is 12.6 Å². The van der Waals surface area contributed by atoms with Gasteiger partial charge in [0.05, 0.1) is 11.9 Å². The maximum absolute atomic E-state index is 13.1. The van der Waals surface area contributed by atoms with Crippen LogP contribution in [0.3, 0.4) is 0 Å². The number of nitrogens with zero attached hydrogens (tertiary/aromatic N) is 3. The molecule has 0 amide bonds. The van der Waals surface area contributed by atoms with Gasteiger partial charge in [0.2, 0.25) is 0 Å². The first kappa shape index (κ1) is 18.6. The Morgan fingerprint density at radius 3 is 2.42 bits per heavy atom. The fourth-order valence-corrected chi connectivity index (χ4v) is 2.95. The van der Waals surface area contributed by atoms with Crippen LogP contribution in [0.2, 0.25) is 0 Å². The molecule has 1 N–H and O–H groups in total. The first-order valence-corrected chi connectivity index (χ1v) is 8.44. The summed E-state index contributed by atoms with van der Waals surface area (Å²) in [7, 11) is 2.04. The minimum Gasteiger partial charge on any atom is -0.366 e. The molecule has 0 atom stereocenters. The Balaban J connectivity index is 1.85. The first-order valence-electron chi connectivity index (χ1n) is 8.44. The van der Waals surface area contributed by atoms with Gasteiger partial charge in [0, 0.05) is 12.5 Å². The SMILES string of the molecule is CN1CCC(Nc2ncc(C(F)(F)F)nc2Cc2ccc(F)cc2)CC1. The molecule has 26 heavy (non-hydrogen) atoms. The van der Waals surface area contributed by atoms with E-state index in [-0.39, 0.29) is 18.2 Å². The van der Waals surface area contributed by atoms with Crippen LogP contribution >= 0.6 is 0 Å². The summed E-state index contributed by atoms with van der Waals surface area (Å²) in [5.74, 6) is -0.0366. The van der Waals surface area contributed by atoms with Crippen LogP contribution in [0.25, 0.3) is 0 Å². The molecular formula is C18H20F4N4. The Morgan fingerprint density at radius 1 is 1.15 bits per heavy atom. The average molecular weight is 368 g/mol. The van der Waals surface area contributed by atoms with Gasteiger partial charge in [0.15, 0.2) is 5.69 Å². The number of anilines is 1. The number of piperidine rings is 1. The molecule has 0 radical (unpaired) electrons. The molecule has 2 heterocycles. The highest BCUT2D eigenvalue weighted by atomic mass is 19.4. The topological polar surface area (TPSA) is 41.0 Å². The van der Waals surface area contributed by atoms with Gasteiger partial charge >= 0.3 is 6.18 Å². The minimum atomic E-state index is -4.56. The van der Waals surface area contributed by atoms with Crippen molar-refractivity contribution in [3.63, 3.8) is 0 Å². The van der Waals surface area contributed by atoms with Crippen molar-refractivity contribution >= 4 is 5.82 Å². The molecular weight excluding hydrogens is 348 g/mol. The average Bonchev–Trinajstić information content (AvgIpc) is 2.59.